The number of nitrogens with one attached hydrogen (secondary N) is 1. The van der Waals surface area contributed by atoms with Crippen molar-refractivity contribution in [2.24, 2.45) is 0 Å². The average molecular weight is 343 g/mol. The molecule has 1 heterocycles. The molecular formula is C17H17N3O3S. The van der Waals surface area contributed by atoms with Crippen molar-refractivity contribution >= 4 is 32.2 Å². The second-order valence-corrected chi connectivity index (χ2v) is 7.50. The fourth-order valence-electron chi connectivity index (χ4n) is 2.46. The second-order valence-electron chi connectivity index (χ2n) is 5.48. The van der Waals surface area contributed by atoms with Gasteiger partial charge in [-0.1, -0.05) is 0 Å². The average Bonchev–Trinajstić information content (AvgIpc) is 2.54. The van der Waals surface area contributed by atoms with Crippen LogP contribution in [0.4, 0.5) is 11.5 Å². The van der Waals surface area contributed by atoms with Gasteiger partial charge in [-0.25, -0.2) is 18.4 Å². The lowest BCUT2D eigenvalue weighted by molar-refractivity contribution is 0.412. The van der Waals surface area contributed by atoms with E-state index >= 15 is 0 Å². The molecule has 2 aromatic carbocycles. The topological polar surface area (TPSA) is 81.2 Å². The molecule has 6 nitrogen and oxygen atoms in total. The predicted molar refractivity (Wildman–Crippen MR) is 93.7 cm³/mol. The molecule has 0 aliphatic rings. The first-order valence-corrected chi connectivity index (χ1v) is 9.14. The number of hydrogen-bond donors (Lipinski definition) is 1. The van der Waals surface area contributed by atoms with E-state index < -0.39 is 9.84 Å². The van der Waals surface area contributed by atoms with Crippen molar-refractivity contribution in [3.8, 4) is 5.75 Å². The van der Waals surface area contributed by atoms with Crippen LogP contribution in [-0.2, 0) is 9.84 Å². The van der Waals surface area contributed by atoms with E-state index in [0.29, 0.717) is 16.7 Å². The first-order chi connectivity index (χ1) is 11.4. The smallest absolute Gasteiger partial charge is 0.175 e. The molecule has 0 aliphatic heterocycles. The molecule has 0 bridgehead atoms. The van der Waals surface area contributed by atoms with E-state index in [-0.39, 0.29) is 4.90 Å². The summed E-state index contributed by atoms with van der Waals surface area (Å²) in [5, 5.41) is 3.86. The zero-order valence-corrected chi connectivity index (χ0v) is 14.4. The minimum absolute atomic E-state index is 0.235. The number of anilines is 2. The summed E-state index contributed by atoms with van der Waals surface area (Å²) in [4.78, 5) is 8.67. The summed E-state index contributed by atoms with van der Waals surface area (Å²) in [7, 11) is -1.67. The Hall–Kier alpha value is -2.67. The Morgan fingerprint density at radius 3 is 2.54 bits per heavy atom. The van der Waals surface area contributed by atoms with Crippen LogP contribution in [0.2, 0.25) is 0 Å². The largest absolute Gasteiger partial charge is 0.496 e. The Morgan fingerprint density at radius 2 is 1.88 bits per heavy atom. The van der Waals surface area contributed by atoms with E-state index in [4.69, 9.17) is 4.74 Å². The van der Waals surface area contributed by atoms with Crippen molar-refractivity contribution in [2.45, 2.75) is 11.8 Å². The first-order valence-electron chi connectivity index (χ1n) is 7.25. The number of aromatic nitrogens is 2. The van der Waals surface area contributed by atoms with Gasteiger partial charge >= 0.3 is 0 Å². The Morgan fingerprint density at radius 1 is 1.08 bits per heavy atom. The van der Waals surface area contributed by atoms with Gasteiger partial charge in [-0.3, -0.25) is 0 Å². The number of methoxy groups -OCH3 is 1. The van der Waals surface area contributed by atoms with Crippen LogP contribution < -0.4 is 10.1 Å². The molecule has 0 fully saturated rings. The minimum Gasteiger partial charge on any atom is -0.496 e. The van der Waals surface area contributed by atoms with Gasteiger partial charge in [-0.2, -0.15) is 0 Å². The van der Waals surface area contributed by atoms with Crippen LogP contribution in [0.5, 0.6) is 5.75 Å². The molecule has 0 amide bonds. The van der Waals surface area contributed by atoms with Crippen LogP contribution in [0, 0.1) is 6.92 Å². The number of sulfone groups is 1. The summed E-state index contributed by atoms with van der Waals surface area (Å²) in [6, 6.07) is 10.5. The molecule has 1 N–H and O–H groups in total. The van der Waals surface area contributed by atoms with Crippen molar-refractivity contribution in [2.75, 3.05) is 18.7 Å². The molecule has 1 aromatic heterocycles. The zero-order valence-electron chi connectivity index (χ0n) is 13.6. The molecule has 0 radical (unpaired) electrons. The van der Waals surface area contributed by atoms with Gasteiger partial charge < -0.3 is 10.1 Å². The number of nitrogens with zero attached hydrogens (tertiary/aromatic N) is 2. The Labute approximate surface area is 140 Å². The third kappa shape index (κ3) is 3.16. The number of aryl methyl sites for hydroxylation is 1. The standard InChI is InChI=1S/C17H17N3O3S/c1-11-8-12(4-7-16(11)23-2)20-17-14-9-13(24(3,21)22)5-6-15(14)18-10-19-17/h4-10H,1-3H3,(H,18,19,20). The Balaban J connectivity index is 2.07. The lowest BCUT2D eigenvalue weighted by Gasteiger charge is -2.11. The normalized spacial score (nSPS) is 11.5. The Bertz CT molecular complexity index is 1020. The van der Waals surface area contributed by atoms with E-state index in [9.17, 15) is 8.42 Å². The molecule has 3 aromatic rings. The van der Waals surface area contributed by atoms with Gasteiger partial charge in [-0.15, -0.1) is 0 Å². The van der Waals surface area contributed by atoms with Gasteiger partial charge in [0.15, 0.2) is 9.84 Å². The van der Waals surface area contributed by atoms with Crippen molar-refractivity contribution in [3.63, 3.8) is 0 Å². The molecule has 0 unspecified atom stereocenters. The molecule has 0 saturated heterocycles. The van der Waals surface area contributed by atoms with Gasteiger partial charge in [0.1, 0.15) is 17.9 Å². The highest BCUT2D eigenvalue weighted by Gasteiger charge is 2.11. The lowest BCUT2D eigenvalue weighted by atomic mass is 10.2. The molecule has 0 aliphatic carbocycles. The van der Waals surface area contributed by atoms with Gasteiger partial charge in [-0.05, 0) is 48.9 Å². The van der Waals surface area contributed by atoms with E-state index in [1.807, 2.05) is 25.1 Å². The van der Waals surface area contributed by atoms with Crippen LogP contribution >= 0.6 is 0 Å². The second kappa shape index (κ2) is 6.09. The third-order valence-electron chi connectivity index (χ3n) is 3.69. The summed E-state index contributed by atoms with van der Waals surface area (Å²) < 4.78 is 28.8. The maximum Gasteiger partial charge on any atom is 0.175 e. The van der Waals surface area contributed by atoms with Crippen LogP contribution in [-0.4, -0.2) is 31.8 Å². The van der Waals surface area contributed by atoms with E-state index in [1.165, 1.54) is 12.6 Å². The van der Waals surface area contributed by atoms with E-state index in [1.54, 1.807) is 25.3 Å². The van der Waals surface area contributed by atoms with Crippen LogP contribution in [0.15, 0.2) is 47.6 Å². The highest BCUT2D eigenvalue weighted by molar-refractivity contribution is 7.90. The molecular weight excluding hydrogens is 326 g/mol. The molecule has 124 valence electrons. The zero-order chi connectivity index (χ0) is 17.3. The molecule has 7 heteroatoms. The van der Waals surface area contributed by atoms with Crippen LogP contribution in [0.25, 0.3) is 10.9 Å². The maximum absolute atomic E-state index is 11.8. The molecule has 0 atom stereocenters. The Kier molecular flexibility index (Phi) is 4.11. The summed E-state index contributed by atoms with van der Waals surface area (Å²) in [5.41, 5.74) is 2.49. The van der Waals surface area contributed by atoms with Crippen molar-refractivity contribution in [1.82, 2.24) is 9.97 Å². The molecule has 3 rings (SSSR count). The predicted octanol–water partition coefficient (Wildman–Crippen LogP) is 3.09. The number of benzene rings is 2. The highest BCUT2D eigenvalue weighted by atomic mass is 32.2. The first kappa shape index (κ1) is 16.2. The van der Waals surface area contributed by atoms with E-state index in [0.717, 1.165) is 17.0 Å². The fourth-order valence-corrected chi connectivity index (χ4v) is 3.11. The molecule has 0 saturated carbocycles. The minimum atomic E-state index is -3.30. The summed E-state index contributed by atoms with van der Waals surface area (Å²) in [5.74, 6) is 1.35. The fraction of sp³-hybridized carbons (Fsp3) is 0.176. The number of fused-ring (bicyclic) bond motifs is 1. The summed E-state index contributed by atoms with van der Waals surface area (Å²) in [6.07, 6.45) is 2.62. The quantitative estimate of drug-likeness (QED) is 0.784. The van der Waals surface area contributed by atoms with Gasteiger partial charge in [0.2, 0.25) is 0 Å². The van der Waals surface area contributed by atoms with Crippen molar-refractivity contribution < 1.29 is 13.2 Å². The maximum atomic E-state index is 11.8. The molecule has 0 spiro atoms. The van der Waals surface area contributed by atoms with Crippen LogP contribution in [0.1, 0.15) is 5.56 Å². The third-order valence-corrected chi connectivity index (χ3v) is 4.80. The van der Waals surface area contributed by atoms with Gasteiger partial charge in [0.05, 0.1) is 17.5 Å². The highest BCUT2D eigenvalue weighted by Crippen LogP contribution is 2.28. The monoisotopic (exact) mass is 343 g/mol. The van der Waals surface area contributed by atoms with Gasteiger partial charge in [0.25, 0.3) is 0 Å². The van der Waals surface area contributed by atoms with Crippen molar-refractivity contribution in [3.05, 3.63) is 48.3 Å². The van der Waals surface area contributed by atoms with Crippen LogP contribution in [0.3, 0.4) is 0 Å². The number of hydrogen-bond acceptors (Lipinski definition) is 6. The SMILES string of the molecule is COc1ccc(Nc2ncnc3ccc(S(C)(=O)=O)cc23)cc1C. The van der Waals surface area contributed by atoms with E-state index in [2.05, 4.69) is 15.3 Å². The summed E-state index contributed by atoms with van der Waals surface area (Å²) in [6.45, 7) is 1.95. The lowest BCUT2D eigenvalue weighted by Crippen LogP contribution is -2.00. The number of rotatable bonds is 4. The number of ether oxygens (including phenoxy) is 1. The molecule has 24 heavy (non-hydrogen) atoms. The van der Waals surface area contributed by atoms with Gasteiger partial charge in [0, 0.05) is 17.3 Å². The summed E-state index contributed by atoms with van der Waals surface area (Å²) >= 11 is 0. The van der Waals surface area contributed by atoms with Crippen molar-refractivity contribution in [1.29, 1.82) is 0 Å².